The highest BCUT2D eigenvalue weighted by Crippen LogP contribution is 2.18. The standard InChI is InChI=1S/C11H23NO2/c1-4-5-10(13)8-12(3)11-6-7-14-9(11)2/h9-11,13H,4-8H2,1-3H3. The summed E-state index contributed by atoms with van der Waals surface area (Å²) >= 11 is 0. The molecule has 84 valence electrons. The van der Waals surface area contributed by atoms with Crippen molar-refractivity contribution in [2.45, 2.75) is 51.4 Å². The summed E-state index contributed by atoms with van der Waals surface area (Å²) in [5, 5.41) is 9.68. The van der Waals surface area contributed by atoms with Gasteiger partial charge < -0.3 is 9.84 Å². The molecule has 1 fully saturated rings. The first-order chi connectivity index (χ1) is 6.65. The number of aliphatic hydroxyl groups is 1. The van der Waals surface area contributed by atoms with Gasteiger partial charge in [-0.05, 0) is 26.8 Å². The molecule has 1 aliphatic heterocycles. The molecule has 3 atom stereocenters. The smallest absolute Gasteiger partial charge is 0.0702 e. The summed E-state index contributed by atoms with van der Waals surface area (Å²) in [5.74, 6) is 0. The van der Waals surface area contributed by atoms with Crippen LogP contribution in [-0.4, -0.2) is 48.5 Å². The van der Waals surface area contributed by atoms with Crippen molar-refractivity contribution in [1.29, 1.82) is 0 Å². The Labute approximate surface area is 87.1 Å². The van der Waals surface area contributed by atoms with Gasteiger partial charge in [-0.3, -0.25) is 4.90 Å². The highest BCUT2D eigenvalue weighted by atomic mass is 16.5. The van der Waals surface area contributed by atoms with E-state index in [1.54, 1.807) is 0 Å². The summed E-state index contributed by atoms with van der Waals surface area (Å²) in [6, 6.07) is 0.488. The summed E-state index contributed by atoms with van der Waals surface area (Å²) in [4.78, 5) is 2.23. The third kappa shape index (κ3) is 3.23. The Kier molecular flexibility index (Phi) is 4.85. The summed E-state index contributed by atoms with van der Waals surface area (Å²) in [6.07, 6.45) is 3.17. The highest BCUT2D eigenvalue weighted by Gasteiger charge is 2.28. The van der Waals surface area contributed by atoms with E-state index < -0.39 is 0 Å². The Morgan fingerprint density at radius 3 is 2.79 bits per heavy atom. The second kappa shape index (κ2) is 5.69. The van der Waals surface area contributed by atoms with Crippen LogP contribution in [0.15, 0.2) is 0 Å². The molecule has 1 rings (SSSR count). The van der Waals surface area contributed by atoms with E-state index in [1.165, 1.54) is 0 Å². The maximum Gasteiger partial charge on any atom is 0.0702 e. The quantitative estimate of drug-likeness (QED) is 0.727. The Morgan fingerprint density at radius 2 is 2.29 bits per heavy atom. The van der Waals surface area contributed by atoms with Crippen LogP contribution in [0.4, 0.5) is 0 Å². The molecular formula is C11H23NO2. The van der Waals surface area contributed by atoms with Crippen LogP contribution in [0.1, 0.15) is 33.1 Å². The van der Waals surface area contributed by atoms with E-state index in [-0.39, 0.29) is 6.10 Å². The molecule has 3 nitrogen and oxygen atoms in total. The normalized spacial score (nSPS) is 29.8. The van der Waals surface area contributed by atoms with Crippen molar-refractivity contribution in [3.8, 4) is 0 Å². The molecule has 1 aliphatic rings. The van der Waals surface area contributed by atoms with Crippen molar-refractivity contribution in [2.75, 3.05) is 20.2 Å². The molecule has 0 aromatic heterocycles. The zero-order valence-electron chi connectivity index (χ0n) is 9.57. The van der Waals surface area contributed by atoms with E-state index in [1.807, 2.05) is 0 Å². The van der Waals surface area contributed by atoms with Crippen LogP contribution in [0.25, 0.3) is 0 Å². The van der Waals surface area contributed by atoms with Crippen LogP contribution in [-0.2, 0) is 4.74 Å². The van der Waals surface area contributed by atoms with Crippen LogP contribution < -0.4 is 0 Å². The lowest BCUT2D eigenvalue weighted by atomic mass is 10.1. The number of hydrogen-bond donors (Lipinski definition) is 1. The molecule has 0 aliphatic carbocycles. The minimum atomic E-state index is -0.183. The van der Waals surface area contributed by atoms with Gasteiger partial charge in [0, 0.05) is 19.2 Å². The van der Waals surface area contributed by atoms with Gasteiger partial charge in [-0.2, -0.15) is 0 Å². The van der Waals surface area contributed by atoms with Gasteiger partial charge in [0.25, 0.3) is 0 Å². The number of likely N-dealkylation sites (N-methyl/N-ethyl adjacent to an activating group) is 1. The lowest BCUT2D eigenvalue weighted by molar-refractivity contribution is 0.0555. The fraction of sp³-hybridized carbons (Fsp3) is 1.00. The predicted molar refractivity (Wildman–Crippen MR) is 57.4 cm³/mol. The summed E-state index contributed by atoms with van der Waals surface area (Å²) in [7, 11) is 2.08. The number of hydrogen-bond acceptors (Lipinski definition) is 3. The first kappa shape index (κ1) is 12.0. The van der Waals surface area contributed by atoms with E-state index in [9.17, 15) is 5.11 Å². The lowest BCUT2D eigenvalue weighted by Crippen LogP contribution is -2.41. The molecule has 1 N–H and O–H groups in total. The fourth-order valence-corrected chi connectivity index (χ4v) is 2.19. The largest absolute Gasteiger partial charge is 0.392 e. The molecule has 3 heteroatoms. The summed E-state index contributed by atoms with van der Waals surface area (Å²) in [5.41, 5.74) is 0. The van der Waals surface area contributed by atoms with Gasteiger partial charge in [0.2, 0.25) is 0 Å². The second-order valence-electron chi connectivity index (χ2n) is 4.31. The van der Waals surface area contributed by atoms with Gasteiger partial charge in [-0.15, -0.1) is 0 Å². The molecule has 14 heavy (non-hydrogen) atoms. The van der Waals surface area contributed by atoms with Gasteiger partial charge in [-0.1, -0.05) is 13.3 Å². The van der Waals surface area contributed by atoms with Crippen molar-refractivity contribution in [3.05, 3.63) is 0 Å². The van der Waals surface area contributed by atoms with Crippen molar-refractivity contribution in [1.82, 2.24) is 4.90 Å². The molecule has 0 aromatic rings. The maximum absolute atomic E-state index is 9.68. The highest BCUT2D eigenvalue weighted by molar-refractivity contribution is 4.81. The molecular weight excluding hydrogens is 178 g/mol. The minimum Gasteiger partial charge on any atom is -0.392 e. The first-order valence-electron chi connectivity index (χ1n) is 5.65. The Morgan fingerprint density at radius 1 is 1.57 bits per heavy atom. The van der Waals surface area contributed by atoms with Gasteiger partial charge >= 0.3 is 0 Å². The molecule has 0 amide bonds. The number of ether oxygens (including phenoxy) is 1. The van der Waals surface area contributed by atoms with Crippen LogP contribution in [0.3, 0.4) is 0 Å². The first-order valence-corrected chi connectivity index (χ1v) is 5.65. The SMILES string of the molecule is CCCC(O)CN(C)C1CCOC1C. The molecule has 0 spiro atoms. The lowest BCUT2D eigenvalue weighted by Gasteiger charge is -2.28. The third-order valence-corrected chi connectivity index (χ3v) is 3.02. The minimum absolute atomic E-state index is 0.183. The van der Waals surface area contributed by atoms with Gasteiger partial charge in [0.1, 0.15) is 0 Å². The molecule has 0 radical (unpaired) electrons. The summed E-state index contributed by atoms with van der Waals surface area (Å²) < 4.78 is 5.50. The molecule has 1 saturated heterocycles. The number of aliphatic hydroxyl groups excluding tert-OH is 1. The van der Waals surface area contributed by atoms with E-state index >= 15 is 0 Å². The van der Waals surface area contributed by atoms with Gasteiger partial charge in [-0.25, -0.2) is 0 Å². The van der Waals surface area contributed by atoms with Gasteiger partial charge in [0.15, 0.2) is 0 Å². The molecule has 0 saturated carbocycles. The van der Waals surface area contributed by atoms with Crippen molar-refractivity contribution < 1.29 is 9.84 Å². The van der Waals surface area contributed by atoms with Crippen LogP contribution >= 0.6 is 0 Å². The predicted octanol–water partition coefficient (Wildman–Crippen LogP) is 1.26. The monoisotopic (exact) mass is 201 g/mol. The average molecular weight is 201 g/mol. The van der Waals surface area contributed by atoms with Crippen LogP contribution in [0.2, 0.25) is 0 Å². The maximum atomic E-state index is 9.68. The van der Waals surface area contributed by atoms with E-state index in [2.05, 4.69) is 25.8 Å². The molecule has 0 aromatic carbocycles. The van der Waals surface area contributed by atoms with Crippen molar-refractivity contribution >= 4 is 0 Å². The summed E-state index contributed by atoms with van der Waals surface area (Å²) in [6.45, 7) is 5.84. The van der Waals surface area contributed by atoms with Crippen LogP contribution in [0, 0.1) is 0 Å². The molecule has 1 heterocycles. The van der Waals surface area contributed by atoms with Gasteiger partial charge in [0.05, 0.1) is 12.2 Å². The fourth-order valence-electron chi connectivity index (χ4n) is 2.19. The number of rotatable bonds is 5. The van der Waals surface area contributed by atoms with Crippen molar-refractivity contribution in [3.63, 3.8) is 0 Å². The Balaban J connectivity index is 2.29. The van der Waals surface area contributed by atoms with Crippen LogP contribution in [0.5, 0.6) is 0 Å². The Bertz CT molecular complexity index is 163. The third-order valence-electron chi connectivity index (χ3n) is 3.02. The second-order valence-corrected chi connectivity index (χ2v) is 4.31. The Hall–Kier alpha value is -0.120. The number of nitrogens with zero attached hydrogens (tertiary/aromatic N) is 1. The molecule has 3 unspecified atom stereocenters. The zero-order valence-corrected chi connectivity index (χ0v) is 9.57. The molecule has 0 bridgehead atoms. The van der Waals surface area contributed by atoms with Crippen molar-refractivity contribution in [2.24, 2.45) is 0 Å². The topological polar surface area (TPSA) is 32.7 Å². The van der Waals surface area contributed by atoms with E-state index in [4.69, 9.17) is 4.74 Å². The van der Waals surface area contributed by atoms with E-state index in [0.717, 1.165) is 32.4 Å². The zero-order chi connectivity index (χ0) is 10.6. The average Bonchev–Trinajstić information content (AvgIpc) is 2.51. The van der Waals surface area contributed by atoms with E-state index in [0.29, 0.717) is 12.1 Å².